The molecule has 1 saturated carbocycles. The quantitative estimate of drug-likeness (QED) is 0.524. The molecule has 6 nitrogen and oxygen atoms in total. The minimum absolute atomic E-state index is 0.0289. The molecule has 0 aromatic heterocycles. The van der Waals surface area contributed by atoms with Crippen LogP contribution in [0.1, 0.15) is 51.1 Å². The average Bonchev–Trinajstić information content (AvgIpc) is 2.78. The minimum Gasteiger partial charge on any atom is -0.394 e. The number of aliphatic hydroxyl groups is 1. The van der Waals surface area contributed by atoms with Gasteiger partial charge in [-0.3, -0.25) is 9.59 Å². The Kier molecular flexibility index (Phi) is 7.69. The van der Waals surface area contributed by atoms with Crippen molar-refractivity contribution in [1.29, 1.82) is 0 Å². The van der Waals surface area contributed by atoms with E-state index in [1.165, 1.54) is 0 Å². The van der Waals surface area contributed by atoms with Gasteiger partial charge < -0.3 is 21.1 Å². The zero-order chi connectivity index (χ0) is 22.3. The van der Waals surface area contributed by atoms with Crippen LogP contribution in [0.4, 0.5) is 5.69 Å². The van der Waals surface area contributed by atoms with Crippen LogP contribution in [0.15, 0.2) is 60.7 Å². The normalized spacial score (nSPS) is 19.8. The lowest BCUT2D eigenvalue weighted by molar-refractivity contribution is -0.127. The Morgan fingerprint density at radius 2 is 1.55 bits per heavy atom. The first-order valence-electron chi connectivity index (χ1n) is 11.0. The Bertz CT molecular complexity index is 847. The smallest absolute Gasteiger partial charge is 0.245 e. The number of aliphatic hydroxyl groups excluding tert-OH is 1. The van der Waals surface area contributed by atoms with Crippen molar-refractivity contribution >= 4 is 17.5 Å². The van der Waals surface area contributed by atoms with E-state index in [4.69, 9.17) is 0 Å². The Balaban J connectivity index is 1.47. The van der Waals surface area contributed by atoms with Gasteiger partial charge in [-0.25, -0.2) is 0 Å². The summed E-state index contributed by atoms with van der Waals surface area (Å²) in [4.78, 5) is 25.5. The Morgan fingerprint density at radius 3 is 2.13 bits per heavy atom. The lowest BCUT2D eigenvalue weighted by Gasteiger charge is -2.33. The topological polar surface area (TPSA) is 90.5 Å². The van der Waals surface area contributed by atoms with E-state index in [-0.39, 0.29) is 30.4 Å². The van der Waals surface area contributed by atoms with Crippen LogP contribution in [0, 0.1) is 5.92 Å². The number of benzene rings is 2. The minimum atomic E-state index is -0.737. The molecule has 6 heteroatoms. The van der Waals surface area contributed by atoms with Gasteiger partial charge in [0.05, 0.1) is 12.6 Å². The molecule has 4 N–H and O–H groups in total. The molecule has 0 saturated heterocycles. The molecular weight excluding hydrogens is 390 g/mol. The molecule has 0 radical (unpaired) electrons. The predicted molar refractivity (Wildman–Crippen MR) is 122 cm³/mol. The van der Waals surface area contributed by atoms with E-state index in [9.17, 15) is 14.7 Å². The van der Waals surface area contributed by atoms with Crippen molar-refractivity contribution in [2.24, 2.45) is 5.92 Å². The van der Waals surface area contributed by atoms with E-state index in [2.05, 4.69) is 16.0 Å². The monoisotopic (exact) mass is 423 g/mol. The van der Waals surface area contributed by atoms with Gasteiger partial charge >= 0.3 is 0 Å². The molecule has 2 aromatic carbocycles. The van der Waals surface area contributed by atoms with E-state index < -0.39 is 11.6 Å². The van der Waals surface area contributed by atoms with Gasteiger partial charge in [0, 0.05) is 17.6 Å². The fourth-order valence-electron chi connectivity index (χ4n) is 4.01. The highest BCUT2D eigenvalue weighted by atomic mass is 16.3. The number of hydrogen-bond acceptors (Lipinski definition) is 4. The number of rotatable bonds is 8. The van der Waals surface area contributed by atoms with Crippen molar-refractivity contribution in [3.8, 4) is 0 Å². The second-order valence-corrected chi connectivity index (χ2v) is 8.79. The maximum atomic E-state index is 12.8. The summed E-state index contributed by atoms with van der Waals surface area (Å²) in [5.74, 6) is -0.172. The molecule has 0 spiro atoms. The molecule has 1 fully saturated rings. The van der Waals surface area contributed by atoms with Crippen LogP contribution in [-0.4, -0.2) is 35.1 Å². The molecule has 166 valence electrons. The predicted octanol–water partition coefficient (Wildman–Crippen LogP) is 3.40. The first kappa shape index (κ1) is 22.8. The molecule has 0 heterocycles. The fraction of sp³-hybridized carbons (Fsp3) is 0.440. The van der Waals surface area contributed by atoms with E-state index in [1.54, 1.807) is 0 Å². The SMILES string of the molecule is CC(C)(Nc1ccccc1)C(=O)NC1CCC(C(=O)N[C@H](CO)c2ccccc2)CC1. The van der Waals surface area contributed by atoms with E-state index in [0.29, 0.717) is 0 Å². The molecule has 1 aliphatic rings. The van der Waals surface area contributed by atoms with Crippen molar-refractivity contribution < 1.29 is 14.7 Å². The second-order valence-electron chi connectivity index (χ2n) is 8.79. The summed E-state index contributed by atoms with van der Waals surface area (Å²) in [6.07, 6.45) is 2.97. The van der Waals surface area contributed by atoms with Crippen LogP contribution in [0.25, 0.3) is 0 Å². The molecule has 0 aliphatic heterocycles. The summed E-state index contributed by atoms with van der Waals surface area (Å²) in [7, 11) is 0. The first-order chi connectivity index (χ1) is 14.9. The summed E-state index contributed by atoms with van der Waals surface area (Å²) in [5.41, 5.74) is 1.06. The van der Waals surface area contributed by atoms with Crippen molar-refractivity contribution in [3.63, 3.8) is 0 Å². The fourth-order valence-corrected chi connectivity index (χ4v) is 4.01. The molecule has 31 heavy (non-hydrogen) atoms. The van der Waals surface area contributed by atoms with Gasteiger partial charge in [0.2, 0.25) is 11.8 Å². The molecule has 2 aromatic rings. The Hall–Kier alpha value is -2.86. The van der Waals surface area contributed by atoms with Gasteiger partial charge in [0.1, 0.15) is 5.54 Å². The van der Waals surface area contributed by atoms with Crippen molar-refractivity contribution in [1.82, 2.24) is 10.6 Å². The van der Waals surface area contributed by atoms with Crippen LogP contribution in [0.2, 0.25) is 0 Å². The number of nitrogens with one attached hydrogen (secondary N) is 3. The Labute approximate surface area is 184 Å². The van der Waals surface area contributed by atoms with Crippen LogP contribution in [0.5, 0.6) is 0 Å². The molecular formula is C25H33N3O3. The van der Waals surface area contributed by atoms with E-state index >= 15 is 0 Å². The zero-order valence-corrected chi connectivity index (χ0v) is 18.3. The van der Waals surface area contributed by atoms with E-state index in [1.807, 2.05) is 74.5 Å². The number of carbonyl (C=O) groups excluding carboxylic acids is 2. The third kappa shape index (κ3) is 6.31. The van der Waals surface area contributed by atoms with Gasteiger partial charge in [-0.05, 0) is 57.2 Å². The third-order valence-corrected chi connectivity index (χ3v) is 5.93. The van der Waals surface area contributed by atoms with Crippen molar-refractivity contribution in [3.05, 3.63) is 66.2 Å². The molecule has 1 atom stereocenters. The third-order valence-electron chi connectivity index (χ3n) is 5.93. The number of carbonyl (C=O) groups is 2. The summed E-state index contributed by atoms with van der Waals surface area (Å²) in [5, 5.41) is 19.1. The first-order valence-corrected chi connectivity index (χ1v) is 11.0. The van der Waals surface area contributed by atoms with Gasteiger partial charge in [-0.2, -0.15) is 0 Å². The van der Waals surface area contributed by atoms with E-state index in [0.717, 1.165) is 36.9 Å². The summed E-state index contributed by atoms with van der Waals surface area (Å²) >= 11 is 0. The lowest BCUT2D eigenvalue weighted by atomic mass is 9.84. The number of hydrogen-bond donors (Lipinski definition) is 4. The highest BCUT2D eigenvalue weighted by Crippen LogP contribution is 2.26. The summed E-state index contributed by atoms with van der Waals surface area (Å²) < 4.78 is 0. The Morgan fingerprint density at radius 1 is 0.968 bits per heavy atom. The van der Waals surface area contributed by atoms with Gasteiger partial charge in [-0.15, -0.1) is 0 Å². The largest absolute Gasteiger partial charge is 0.394 e. The maximum absolute atomic E-state index is 12.8. The number of anilines is 1. The molecule has 1 aliphatic carbocycles. The van der Waals surface area contributed by atoms with Gasteiger partial charge in [0.15, 0.2) is 0 Å². The lowest BCUT2D eigenvalue weighted by Crippen LogP contribution is -2.52. The van der Waals surface area contributed by atoms with Crippen LogP contribution in [-0.2, 0) is 9.59 Å². The summed E-state index contributed by atoms with van der Waals surface area (Å²) in [6, 6.07) is 18.9. The van der Waals surface area contributed by atoms with Crippen LogP contribution in [0.3, 0.4) is 0 Å². The van der Waals surface area contributed by atoms with Crippen LogP contribution >= 0.6 is 0 Å². The molecule has 3 rings (SSSR count). The van der Waals surface area contributed by atoms with Crippen molar-refractivity contribution in [2.75, 3.05) is 11.9 Å². The molecule has 0 unspecified atom stereocenters. The number of para-hydroxylation sites is 1. The summed E-state index contributed by atoms with van der Waals surface area (Å²) in [6.45, 7) is 3.60. The number of amides is 2. The zero-order valence-electron chi connectivity index (χ0n) is 18.3. The standard InChI is InChI=1S/C25H33N3O3/c1-25(2,28-21-11-7-4-8-12-21)24(31)26-20-15-13-19(14-16-20)23(30)27-22(17-29)18-9-5-3-6-10-18/h3-12,19-20,22,28-29H,13-17H2,1-2H3,(H,26,31)(H,27,30)/t19?,20?,22-/m1/s1. The maximum Gasteiger partial charge on any atom is 0.245 e. The van der Waals surface area contributed by atoms with Crippen molar-refractivity contribution in [2.45, 2.75) is 57.2 Å². The highest BCUT2D eigenvalue weighted by Gasteiger charge is 2.32. The molecule has 2 amide bonds. The average molecular weight is 424 g/mol. The molecule has 0 bridgehead atoms. The highest BCUT2D eigenvalue weighted by molar-refractivity contribution is 5.88. The van der Waals surface area contributed by atoms with Gasteiger partial charge in [0.25, 0.3) is 0 Å². The van der Waals surface area contributed by atoms with Gasteiger partial charge in [-0.1, -0.05) is 48.5 Å². The second kappa shape index (κ2) is 10.4. The van der Waals surface area contributed by atoms with Crippen LogP contribution < -0.4 is 16.0 Å².